The van der Waals surface area contributed by atoms with Crippen LogP contribution in [0.2, 0.25) is 0 Å². The molecule has 5 heteroatoms. The Balaban J connectivity index is 2.15. The number of hydrogen-bond acceptors (Lipinski definition) is 4. The molecule has 0 aromatic carbocycles. The molecule has 4 nitrogen and oxygen atoms in total. The van der Waals surface area contributed by atoms with Crippen LogP contribution in [0.1, 0.15) is 53.6 Å². The Morgan fingerprint density at radius 1 is 1.47 bits per heavy atom. The molecule has 2 N–H and O–H groups in total. The van der Waals surface area contributed by atoms with Crippen molar-refractivity contribution in [3.8, 4) is 5.75 Å². The third kappa shape index (κ3) is 3.48. The smallest absolute Gasteiger partial charge is 0.349 e. The highest BCUT2D eigenvalue weighted by molar-refractivity contribution is 7.14. The Morgan fingerprint density at radius 2 is 2.21 bits per heavy atom. The highest BCUT2D eigenvalue weighted by Gasteiger charge is 2.27. The number of hydrogen-bond donors (Lipinski definition) is 2. The van der Waals surface area contributed by atoms with Gasteiger partial charge in [-0.3, -0.25) is 0 Å². The number of carboxylic acids is 1. The maximum absolute atomic E-state index is 11.2. The number of rotatable bonds is 5. The Morgan fingerprint density at radius 3 is 2.84 bits per heavy atom. The third-order valence-electron chi connectivity index (χ3n) is 3.39. The predicted molar refractivity (Wildman–Crippen MR) is 74.2 cm³/mol. The molecule has 1 fully saturated rings. The molecule has 1 saturated carbocycles. The second-order valence-corrected chi connectivity index (χ2v) is 6.11. The van der Waals surface area contributed by atoms with Gasteiger partial charge in [-0.1, -0.05) is 19.8 Å². The van der Waals surface area contributed by atoms with Crippen LogP contribution in [0, 0.1) is 0 Å². The van der Waals surface area contributed by atoms with Crippen molar-refractivity contribution in [1.29, 1.82) is 0 Å². The van der Waals surface area contributed by atoms with E-state index in [0.717, 1.165) is 43.4 Å². The molecule has 1 aromatic heterocycles. The summed E-state index contributed by atoms with van der Waals surface area (Å²) in [6.45, 7) is 2.06. The minimum Gasteiger partial charge on any atom is -0.486 e. The van der Waals surface area contributed by atoms with Crippen molar-refractivity contribution in [3.63, 3.8) is 0 Å². The Bertz CT molecular complexity index is 441. The van der Waals surface area contributed by atoms with Gasteiger partial charge in [-0.2, -0.15) is 0 Å². The summed E-state index contributed by atoms with van der Waals surface area (Å²) in [7, 11) is 0. The fourth-order valence-electron chi connectivity index (χ4n) is 2.41. The van der Waals surface area contributed by atoms with Crippen molar-refractivity contribution in [2.45, 2.75) is 57.7 Å². The zero-order chi connectivity index (χ0) is 13.8. The van der Waals surface area contributed by atoms with Gasteiger partial charge in [0, 0.05) is 4.88 Å². The van der Waals surface area contributed by atoms with Crippen LogP contribution in [0.4, 0.5) is 0 Å². The van der Waals surface area contributed by atoms with Gasteiger partial charge in [-0.25, -0.2) is 4.79 Å². The largest absolute Gasteiger partial charge is 0.486 e. The molecule has 19 heavy (non-hydrogen) atoms. The fraction of sp³-hybridized carbons (Fsp3) is 0.643. The van der Waals surface area contributed by atoms with E-state index in [1.807, 2.05) is 6.07 Å². The first-order valence-corrected chi connectivity index (χ1v) is 7.64. The maximum atomic E-state index is 11.2. The van der Waals surface area contributed by atoms with Gasteiger partial charge >= 0.3 is 5.97 Å². The Hall–Kier alpha value is -1.07. The van der Waals surface area contributed by atoms with Crippen molar-refractivity contribution in [2.24, 2.45) is 0 Å². The van der Waals surface area contributed by atoms with E-state index in [-0.39, 0.29) is 11.0 Å². The monoisotopic (exact) mass is 284 g/mol. The first kappa shape index (κ1) is 14.3. The van der Waals surface area contributed by atoms with Crippen molar-refractivity contribution >= 4 is 17.3 Å². The summed E-state index contributed by atoms with van der Waals surface area (Å²) < 4.78 is 5.77. The second-order valence-electron chi connectivity index (χ2n) is 4.97. The lowest BCUT2D eigenvalue weighted by molar-refractivity contribution is 0.00635. The van der Waals surface area contributed by atoms with Gasteiger partial charge in [-0.05, 0) is 31.7 Å². The number of aromatic carboxylic acids is 1. The SMILES string of the molecule is CCCc1cc(OC2CCCCC2O)c(C(=O)O)s1. The summed E-state index contributed by atoms with van der Waals surface area (Å²) >= 11 is 1.28. The van der Waals surface area contributed by atoms with E-state index in [1.54, 1.807) is 0 Å². The van der Waals surface area contributed by atoms with Gasteiger partial charge in [-0.15, -0.1) is 11.3 Å². The summed E-state index contributed by atoms with van der Waals surface area (Å²) in [5, 5.41) is 19.1. The lowest BCUT2D eigenvalue weighted by Gasteiger charge is -2.28. The van der Waals surface area contributed by atoms with Gasteiger partial charge in [0.2, 0.25) is 0 Å². The van der Waals surface area contributed by atoms with Crippen LogP contribution in [0.5, 0.6) is 5.75 Å². The first-order chi connectivity index (χ1) is 9.11. The number of carbonyl (C=O) groups is 1. The van der Waals surface area contributed by atoms with E-state index in [9.17, 15) is 15.0 Å². The van der Waals surface area contributed by atoms with Crippen molar-refractivity contribution < 1.29 is 19.7 Å². The summed E-state index contributed by atoms with van der Waals surface area (Å²) in [5.74, 6) is -0.528. The molecular formula is C14H20O4S. The van der Waals surface area contributed by atoms with Crippen molar-refractivity contribution in [1.82, 2.24) is 0 Å². The highest BCUT2D eigenvalue weighted by atomic mass is 32.1. The van der Waals surface area contributed by atoms with Crippen molar-refractivity contribution in [3.05, 3.63) is 15.8 Å². The van der Waals surface area contributed by atoms with Gasteiger partial charge in [0.1, 0.15) is 11.9 Å². The molecule has 1 aliphatic carbocycles. The van der Waals surface area contributed by atoms with Crippen LogP contribution in [0.3, 0.4) is 0 Å². The van der Waals surface area contributed by atoms with Gasteiger partial charge < -0.3 is 14.9 Å². The Labute approximate surface area is 117 Å². The number of aryl methyl sites for hydroxylation is 1. The van der Waals surface area contributed by atoms with Gasteiger partial charge in [0.25, 0.3) is 0 Å². The van der Waals surface area contributed by atoms with E-state index >= 15 is 0 Å². The lowest BCUT2D eigenvalue weighted by atomic mass is 9.95. The Kier molecular flexibility index (Phi) is 4.82. The summed E-state index contributed by atoms with van der Waals surface area (Å²) in [6.07, 6.45) is 4.65. The quantitative estimate of drug-likeness (QED) is 0.872. The zero-order valence-corrected chi connectivity index (χ0v) is 11.9. The van der Waals surface area contributed by atoms with Crippen molar-refractivity contribution in [2.75, 3.05) is 0 Å². The molecule has 0 spiro atoms. The number of aliphatic hydroxyl groups excluding tert-OH is 1. The molecule has 2 atom stereocenters. The molecule has 0 saturated heterocycles. The zero-order valence-electron chi connectivity index (χ0n) is 11.1. The molecule has 1 aromatic rings. The minimum atomic E-state index is -0.951. The topological polar surface area (TPSA) is 66.8 Å². The van der Waals surface area contributed by atoms with Gasteiger partial charge in [0.05, 0.1) is 6.10 Å². The number of ether oxygens (including phenoxy) is 1. The van der Waals surface area contributed by atoms with Crippen LogP contribution in [0.15, 0.2) is 6.07 Å². The molecule has 0 amide bonds. The van der Waals surface area contributed by atoms with E-state index < -0.39 is 12.1 Å². The van der Waals surface area contributed by atoms with Gasteiger partial charge in [0.15, 0.2) is 4.88 Å². The van der Waals surface area contributed by atoms with E-state index in [2.05, 4.69) is 6.92 Å². The highest BCUT2D eigenvalue weighted by Crippen LogP contribution is 2.33. The fourth-order valence-corrected chi connectivity index (χ4v) is 3.44. The second kappa shape index (κ2) is 6.39. The lowest BCUT2D eigenvalue weighted by Crippen LogP contribution is -2.34. The summed E-state index contributed by atoms with van der Waals surface area (Å²) in [5.41, 5.74) is 0. The molecule has 0 aliphatic heterocycles. The minimum absolute atomic E-state index is 0.251. The van der Waals surface area contributed by atoms with E-state index in [0.29, 0.717) is 5.75 Å². The number of thiophene rings is 1. The van der Waals surface area contributed by atoms with E-state index in [1.165, 1.54) is 11.3 Å². The molecule has 1 heterocycles. The molecule has 0 bridgehead atoms. The van der Waals surface area contributed by atoms with Crippen LogP contribution >= 0.6 is 11.3 Å². The number of carboxylic acid groups (broad SMARTS) is 1. The molecule has 1 aliphatic rings. The third-order valence-corrected chi connectivity index (χ3v) is 4.55. The average molecular weight is 284 g/mol. The predicted octanol–water partition coefficient (Wildman–Crippen LogP) is 3.08. The summed E-state index contributed by atoms with van der Waals surface area (Å²) in [6, 6.07) is 1.82. The molecule has 2 rings (SSSR count). The van der Waals surface area contributed by atoms with Crippen LogP contribution in [0.25, 0.3) is 0 Å². The summed E-state index contributed by atoms with van der Waals surface area (Å²) in [4.78, 5) is 12.5. The molecule has 106 valence electrons. The average Bonchev–Trinajstić information content (AvgIpc) is 2.76. The molecule has 0 radical (unpaired) electrons. The van der Waals surface area contributed by atoms with E-state index in [4.69, 9.17) is 4.74 Å². The van der Waals surface area contributed by atoms with Crippen LogP contribution < -0.4 is 4.74 Å². The molecular weight excluding hydrogens is 264 g/mol. The van der Waals surface area contributed by atoms with Crippen LogP contribution in [-0.2, 0) is 6.42 Å². The number of aliphatic hydroxyl groups is 1. The first-order valence-electron chi connectivity index (χ1n) is 6.82. The normalized spacial score (nSPS) is 23.3. The standard InChI is InChI=1S/C14H20O4S/c1-2-5-9-8-12(13(19-9)14(16)17)18-11-7-4-3-6-10(11)15/h8,10-11,15H,2-7H2,1H3,(H,16,17). The maximum Gasteiger partial charge on any atom is 0.349 e. The van der Waals surface area contributed by atoms with Crippen LogP contribution in [-0.4, -0.2) is 28.4 Å². The molecule has 2 unspecified atom stereocenters.